The SMILES string of the molecule is CS(=O)(=O)Nc1cccc(C(=O)N2CCC(C3OCCO3)CC2)c1. The largest absolute Gasteiger partial charge is 0.350 e. The van der Waals surface area contributed by atoms with E-state index >= 15 is 0 Å². The lowest BCUT2D eigenvalue weighted by Gasteiger charge is -2.34. The lowest BCUT2D eigenvalue weighted by molar-refractivity contribution is -0.0956. The first-order chi connectivity index (χ1) is 11.4. The number of piperidine rings is 1. The summed E-state index contributed by atoms with van der Waals surface area (Å²) in [4.78, 5) is 14.4. The minimum absolute atomic E-state index is 0.0844. The van der Waals surface area contributed by atoms with Crippen molar-refractivity contribution in [3.05, 3.63) is 29.8 Å². The Labute approximate surface area is 142 Å². The van der Waals surface area contributed by atoms with Crippen molar-refractivity contribution in [2.24, 2.45) is 5.92 Å². The van der Waals surface area contributed by atoms with E-state index in [9.17, 15) is 13.2 Å². The van der Waals surface area contributed by atoms with Crippen LogP contribution in [0.25, 0.3) is 0 Å². The van der Waals surface area contributed by atoms with Crippen molar-refractivity contribution in [3.63, 3.8) is 0 Å². The molecule has 24 heavy (non-hydrogen) atoms. The van der Waals surface area contributed by atoms with Crippen LogP contribution in [0, 0.1) is 5.92 Å². The maximum Gasteiger partial charge on any atom is 0.253 e. The highest BCUT2D eigenvalue weighted by molar-refractivity contribution is 7.92. The van der Waals surface area contributed by atoms with Crippen LogP contribution in [0.3, 0.4) is 0 Å². The Bertz CT molecular complexity index is 692. The van der Waals surface area contributed by atoms with E-state index in [0.29, 0.717) is 43.5 Å². The fraction of sp³-hybridized carbons (Fsp3) is 0.562. The maximum absolute atomic E-state index is 12.6. The molecule has 1 amide bonds. The van der Waals surface area contributed by atoms with Gasteiger partial charge in [0.05, 0.1) is 19.5 Å². The Morgan fingerprint density at radius 2 is 1.88 bits per heavy atom. The van der Waals surface area contributed by atoms with Crippen molar-refractivity contribution in [3.8, 4) is 0 Å². The molecule has 0 bridgehead atoms. The summed E-state index contributed by atoms with van der Waals surface area (Å²) in [5, 5.41) is 0. The van der Waals surface area contributed by atoms with Crippen LogP contribution in [0.5, 0.6) is 0 Å². The molecule has 0 saturated carbocycles. The van der Waals surface area contributed by atoms with Gasteiger partial charge in [-0.3, -0.25) is 9.52 Å². The predicted octanol–water partition coefficient (Wildman–Crippen LogP) is 1.28. The van der Waals surface area contributed by atoms with Crippen LogP contribution in [0.2, 0.25) is 0 Å². The summed E-state index contributed by atoms with van der Waals surface area (Å²) in [6, 6.07) is 6.57. The van der Waals surface area contributed by atoms with Crippen molar-refractivity contribution in [1.29, 1.82) is 0 Å². The molecule has 2 fully saturated rings. The number of nitrogens with one attached hydrogen (secondary N) is 1. The molecular formula is C16H22N2O5S. The molecule has 2 aliphatic heterocycles. The molecule has 0 unspecified atom stereocenters. The number of sulfonamides is 1. The van der Waals surface area contributed by atoms with Crippen molar-refractivity contribution < 1.29 is 22.7 Å². The Morgan fingerprint density at radius 1 is 1.21 bits per heavy atom. The van der Waals surface area contributed by atoms with E-state index in [4.69, 9.17) is 9.47 Å². The number of ether oxygens (including phenoxy) is 2. The highest BCUT2D eigenvalue weighted by atomic mass is 32.2. The van der Waals surface area contributed by atoms with Gasteiger partial charge >= 0.3 is 0 Å². The van der Waals surface area contributed by atoms with E-state index in [-0.39, 0.29) is 12.2 Å². The smallest absolute Gasteiger partial charge is 0.253 e. The molecule has 8 heteroatoms. The summed E-state index contributed by atoms with van der Waals surface area (Å²) in [7, 11) is -3.36. The molecule has 0 spiro atoms. The molecular weight excluding hydrogens is 332 g/mol. The van der Waals surface area contributed by atoms with Crippen LogP contribution < -0.4 is 4.72 Å². The summed E-state index contributed by atoms with van der Waals surface area (Å²) >= 11 is 0. The van der Waals surface area contributed by atoms with Crippen LogP contribution in [0.4, 0.5) is 5.69 Å². The Kier molecular flexibility index (Phi) is 5.07. The summed E-state index contributed by atoms with van der Waals surface area (Å²) < 4.78 is 36.1. The lowest BCUT2D eigenvalue weighted by Crippen LogP contribution is -2.41. The zero-order valence-electron chi connectivity index (χ0n) is 13.6. The standard InChI is InChI=1S/C16H22N2O5S/c1-24(20,21)17-14-4-2-3-13(11-14)15(19)18-7-5-12(6-8-18)16-22-9-10-23-16/h2-4,11-12,16-17H,5-10H2,1H3. The number of carbonyl (C=O) groups is 1. The second-order valence-electron chi connectivity index (χ2n) is 6.19. The van der Waals surface area contributed by atoms with Gasteiger partial charge in [0, 0.05) is 30.3 Å². The number of benzene rings is 1. The highest BCUT2D eigenvalue weighted by Crippen LogP contribution is 2.26. The van der Waals surface area contributed by atoms with E-state index in [0.717, 1.165) is 19.1 Å². The Balaban J connectivity index is 1.61. The molecule has 2 aliphatic rings. The van der Waals surface area contributed by atoms with Gasteiger partial charge in [0.25, 0.3) is 5.91 Å². The number of rotatable bonds is 4. The fourth-order valence-electron chi connectivity index (χ4n) is 3.14. The number of amides is 1. The molecule has 1 N–H and O–H groups in total. The van der Waals surface area contributed by atoms with Crippen LogP contribution in [0.15, 0.2) is 24.3 Å². The molecule has 0 aromatic heterocycles. The summed E-state index contributed by atoms with van der Waals surface area (Å²) in [5.74, 6) is 0.244. The lowest BCUT2D eigenvalue weighted by atomic mass is 9.95. The minimum atomic E-state index is -3.36. The van der Waals surface area contributed by atoms with Crippen molar-refractivity contribution in [1.82, 2.24) is 4.90 Å². The molecule has 132 valence electrons. The van der Waals surface area contributed by atoms with Gasteiger partial charge < -0.3 is 14.4 Å². The predicted molar refractivity (Wildman–Crippen MR) is 89.2 cm³/mol. The highest BCUT2D eigenvalue weighted by Gasteiger charge is 2.32. The van der Waals surface area contributed by atoms with Crippen molar-refractivity contribution >= 4 is 21.6 Å². The van der Waals surface area contributed by atoms with Crippen LogP contribution >= 0.6 is 0 Å². The Morgan fingerprint density at radius 3 is 2.50 bits per heavy atom. The molecule has 0 radical (unpaired) electrons. The first-order valence-electron chi connectivity index (χ1n) is 8.03. The second-order valence-corrected chi connectivity index (χ2v) is 7.94. The number of hydrogen-bond donors (Lipinski definition) is 1. The minimum Gasteiger partial charge on any atom is -0.350 e. The van der Waals surface area contributed by atoms with E-state index < -0.39 is 10.0 Å². The summed E-state index contributed by atoms with van der Waals surface area (Å²) in [6.45, 7) is 2.58. The third kappa shape index (κ3) is 4.25. The number of nitrogens with zero attached hydrogens (tertiary/aromatic N) is 1. The molecule has 7 nitrogen and oxygen atoms in total. The molecule has 1 aromatic rings. The average Bonchev–Trinajstić information content (AvgIpc) is 3.07. The average molecular weight is 354 g/mol. The first-order valence-corrected chi connectivity index (χ1v) is 9.92. The summed E-state index contributed by atoms with van der Waals surface area (Å²) in [5.41, 5.74) is 0.876. The third-order valence-corrected chi connectivity index (χ3v) is 4.88. The third-order valence-electron chi connectivity index (χ3n) is 4.27. The molecule has 2 saturated heterocycles. The zero-order chi connectivity index (χ0) is 17.2. The topological polar surface area (TPSA) is 84.9 Å². The quantitative estimate of drug-likeness (QED) is 0.880. The van der Waals surface area contributed by atoms with Crippen LogP contribution in [-0.4, -0.2) is 58.1 Å². The second kappa shape index (κ2) is 7.08. The van der Waals surface area contributed by atoms with Crippen LogP contribution in [-0.2, 0) is 19.5 Å². The monoisotopic (exact) mass is 354 g/mol. The van der Waals surface area contributed by atoms with Gasteiger partial charge in [0.1, 0.15) is 0 Å². The number of carbonyl (C=O) groups excluding carboxylic acids is 1. The maximum atomic E-state index is 12.6. The zero-order valence-corrected chi connectivity index (χ0v) is 14.4. The number of likely N-dealkylation sites (tertiary alicyclic amines) is 1. The number of anilines is 1. The van der Waals surface area contributed by atoms with Crippen molar-refractivity contribution in [2.75, 3.05) is 37.3 Å². The van der Waals surface area contributed by atoms with Gasteiger partial charge in [-0.05, 0) is 31.0 Å². The van der Waals surface area contributed by atoms with Gasteiger partial charge in [0.2, 0.25) is 10.0 Å². The van der Waals surface area contributed by atoms with E-state index in [2.05, 4.69) is 4.72 Å². The summed E-state index contributed by atoms with van der Waals surface area (Å²) in [6.07, 6.45) is 2.64. The van der Waals surface area contributed by atoms with Crippen LogP contribution in [0.1, 0.15) is 23.2 Å². The first kappa shape index (κ1) is 17.2. The van der Waals surface area contributed by atoms with Gasteiger partial charge in [-0.1, -0.05) is 6.07 Å². The fourth-order valence-corrected chi connectivity index (χ4v) is 3.69. The molecule has 2 heterocycles. The normalized spacial score (nSPS) is 20.3. The molecule has 0 atom stereocenters. The molecule has 1 aromatic carbocycles. The molecule has 3 rings (SSSR count). The van der Waals surface area contributed by atoms with Crippen molar-refractivity contribution in [2.45, 2.75) is 19.1 Å². The van der Waals surface area contributed by atoms with Gasteiger partial charge in [0.15, 0.2) is 6.29 Å². The number of hydrogen-bond acceptors (Lipinski definition) is 5. The van der Waals surface area contributed by atoms with E-state index in [1.807, 2.05) is 0 Å². The van der Waals surface area contributed by atoms with E-state index in [1.165, 1.54) is 0 Å². The molecule has 0 aliphatic carbocycles. The van der Waals surface area contributed by atoms with E-state index in [1.54, 1.807) is 29.2 Å². The van der Waals surface area contributed by atoms with Gasteiger partial charge in [-0.25, -0.2) is 8.42 Å². The van der Waals surface area contributed by atoms with Gasteiger partial charge in [-0.2, -0.15) is 0 Å². The van der Waals surface area contributed by atoms with Gasteiger partial charge in [-0.15, -0.1) is 0 Å². The Hall–Kier alpha value is -1.64.